The molecule has 3 rings (SSSR count). The second kappa shape index (κ2) is 8.75. The minimum Gasteiger partial charge on any atom is -0.360 e. The van der Waals surface area contributed by atoms with Crippen molar-refractivity contribution in [1.82, 2.24) is 19.6 Å². The van der Waals surface area contributed by atoms with Crippen molar-refractivity contribution in [3.8, 4) is 5.69 Å². The molecule has 0 unspecified atom stereocenters. The average molecular weight is 399 g/mol. The van der Waals surface area contributed by atoms with Gasteiger partial charge in [-0.2, -0.15) is 0 Å². The predicted molar refractivity (Wildman–Crippen MR) is 107 cm³/mol. The van der Waals surface area contributed by atoms with Gasteiger partial charge < -0.3 is 14.7 Å². The largest absolute Gasteiger partial charge is 0.360 e. The Morgan fingerprint density at radius 2 is 2.07 bits per heavy atom. The van der Waals surface area contributed by atoms with Crippen LogP contribution < -0.4 is 5.32 Å². The molecular formula is C19H21N5O3S. The lowest BCUT2D eigenvalue weighted by molar-refractivity contribution is -0.131. The van der Waals surface area contributed by atoms with Crippen molar-refractivity contribution >= 4 is 29.4 Å². The number of thioether (sulfide) groups is 1. The van der Waals surface area contributed by atoms with E-state index in [9.17, 15) is 9.59 Å². The first kappa shape index (κ1) is 19.7. The molecule has 0 fully saturated rings. The van der Waals surface area contributed by atoms with Gasteiger partial charge in [-0.25, -0.2) is 4.98 Å². The van der Waals surface area contributed by atoms with E-state index in [1.807, 2.05) is 42.0 Å². The van der Waals surface area contributed by atoms with Gasteiger partial charge in [-0.1, -0.05) is 35.1 Å². The van der Waals surface area contributed by atoms with Gasteiger partial charge in [0.05, 0.1) is 18.0 Å². The lowest BCUT2D eigenvalue weighted by Gasteiger charge is -2.16. The van der Waals surface area contributed by atoms with Crippen LogP contribution in [0.3, 0.4) is 0 Å². The van der Waals surface area contributed by atoms with E-state index in [-0.39, 0.29) is 24.1 Å². The summed E-state index contributed by atoms with van der Waals surface area (Å²) in [5, 5.41) is 7.01. The highest BCUT2D eigenvalue weighted by Gasteiger charge is 2.16. The Morgan fingerprint density at radius 1 is 1.29 bits per heavy atom. The zero-order valence-electron chi connectivity index (χ0n) is 15.9. The first-order valence-corrected chi connectivity index (χ1v) is 9.62. The summed E-state index contributed by atoms with van der Waals surface area (Å²) in [4.78, 5) is 30.1. The molecule has 28 heavy (non-hydrogen) atoms. The molecule has 3 aromatic rings. The Labute approximate surface area is 166 Å². The zero-order chi connectivity index (χ0) is 20.1. The number of rotatable bonds is 7. The maximum atomic E-state index is 12.4. The molecule has 0 bridgehead atoms. The summed E-state index contributed by atoms with van der Waals surface area (Å²) in [5.74, 6) is 0.597. The number of hydrogen-bond acceptors (Lipinski definition) is 6. The van der Waals surface area contributed by atoms with Crippen LogP contribution in [-0.2, 0) is 9.59 Å². The lowest BCUT2D eigenvalue weighted by Crippen LogP contribution is -2.36. The third-order valence-electron chi connectivity index (χ3n) is 4.01. The first-order valence-electron chi connectivity index (χ1n) is 8.63. The molecule has 146 valence electrons. The van der Waals surface area contributed by atoms with Crippen LogP contribution in [-0.4, -0.2) is 50.8 Å². The summed E-state index contributed by atoms with van der Waals surface area (Å²) < 4.78 is 6.85. The fourth-order valence-electron chi connectivity index (χ4n) is 2.56. The van der Waals surface area contributed by atoms with Crippen LogP contribution in [0.15, 0.2) is 52.4 Å². The Balaban J connectivity index is 1.55. The van der Waals surface area contributed by atoms with E-state index in [0.717, 1.165) is 16.4 Å². The Hall–Kier alpha value is -3.07. The molecule has 9 heteroatoms. The van der Waals surface area contributed by atoms with E-state index in [4.69, 9.17) is 4.52 Å². The minimum absolute atomic E-state index is 0.0719. The number of anilines is 1. The van der Waals surface area contributed by atoms with Crippen molar-refractivity contribution in [2.45, 2.75) is 19.0 Å². The smallest absolute Gasteiger partial charge is 0.245 e. The average Bonchev–Trinajstić information content (AvgIpc) is 3.28. The summed E-state index contributed by atoms with van der Waals surface area (Å²) in [5.41, 5.74) is 2.14. The second-order valence-electron chi connectivity index (χ2n) is 6.28. The number of aryl methyl sites for hydroxylation is 2. The molecule has 8 nitrogen and oxygen atoms in total. The van der Waals surface area contributed by atoms with Gasteiger partial charge in [-0.15, -0.1) is 0 Å². The molecule has 0 spiro atoms. The van der Waals surface area contributed by atoms with Crippen LogP contribution >= 0.6 is 11.8 Å². The maximum Gasteiger partial charge on any atom is 0.245 e. The number of amides is 2. The van der Waals surface area contributed by atoms with Crippen LogP contribution in [0.25, 0.3) is 5.69 Å². The SMILES string of the molecule is Cc1cc(NC(=O)CN(C)C(=O)CSc2nccn2-c2ccccc2C)no1. The molecule has 2 amide bonds. The Kier molecular flexibility index (Phi) is 6.15. The number of benzene rings is 1. The Bertz CT molecular complexity index is 981. The number of likely N-dealkylation sites (N-methyl/N-ethyl adjacent to an activating group) is 1. The number of para-hydroxylation sites is 1. The van der Waals surface area contributed by atoms with E-state index in [1.165, 1.54) is 16.7 Å². The lowest BCUT2D eigenvalue weighted by atomic mass is 10.2. The summed E-state index contributed by atoms with van der Waals surface area (Å²) in [6.07, 6.45) is 3.57. The van der Waals surface area contributed by atoms with Crippen LogP contribution in [0.4, 0.5) is 5.82 Å². The van der Waals surface area contributed by atoms with Crippen LogP contribution in [0.1, 0.15) is 11.3 Å². The molecule has 0 saturated carbocycles. The Morgan fingerprint density at radius 3 is 2.79 bits per heavy atom. The van der Waals surface area contributed by atoms with E-state index < -0.39 is 0 Å². The number of carbonyl (C=O) groups is 2. The molecule has 0 aliphatic heterocycles. The molecule has 0 saturated heterocycles. The standard InChI is InChI=1S/C19H21N5O3S/c1-13-6-4-5-7-15(13)24-9-8-20-19(24)28-12-18(26)23(3)11-17(25)21-16-10-14(2)27-22-16/h4-10H,11-12H2,1-3H3,(H,21,22,25). The van der Waals surface area contributed by atoms with Gasteiger partial charge in [-0.05, 0) is 25.5 Å². The predicted octanol–water partition coefficient (Wildman–Crippen LogP) is 2.67. The van der Waals surface area contributed by atoms with Crippen molar-refractivity contribution in [2.75, 3.05) is 24.7 Å². The number of nitrogens with one attached hydrogen (secondary N) is 1. The summed E-state index contributed by atoms with van der Waals surface area (Å²) in [6, 6.07) is 9.58. The van der Waals surface area contributed by atoms with Crippen molar-refractivity contribution in [3.05, 3.63) is 54.0 Å². The van der Waals surface area contributed by atoms with E-state index in [1.54, 1.807) is 26.2 Å². The maximum absolute atomic E-state index is 12.4. The molecule has 2 aromatic heterocycles. The van der Waals surface area contributed by atoms with Crippen molar-refractivity contribution in [2.24, 2.45) is 0 Å². The van der Waals surface area contributed by atoms with Crippen LogP contribution in [0.5, 0.6) is 0 Å². The molecule has 0 atom stereocenters. The number of aromatic nitrogens is 3. The van der Waals surface area contributed by atoms with Crippen molar-refractivity contribution < 1.29 is 14.1 Å². The molecule has 2 heterocycles. The van der Waals surface area contributed by atoms with E-state index >= 15 is 0 Å². The van der Waals surface area contributed by atoms with Crippen molar-refractivity contribution in [3.63, 3.8) is 0 Å². The molecule has 1 aromatic carbocycles. The van der Waals surface area contributed by atoms with Crippen LogP contribution in [0.2, 0.25) is 0 Å². The zero-order valence-corrected chi connectivity index (χ0v) is 16.7. The molecular weight excluding hydrogens is 378 g/mol. The van der Waals surface area contributed by atoms with Crippen LogP contribution in [0, 0.1) is 13.8 Å². The number of nitrogens with zero attached hydrogens (tertiary/aromatic N) is 4. The van der Waals surface area contributed by atoms with Gasteiger partial charge in [-0.3, -0.25) is 14.2 Å². The van der Waals surface area contributed by atoms with Gasteiger partial charge >= 0.3 is 0 Å². The molecule has 0 radical (unpaired) electrons. The van der Waals surface area contributed by atoms with Gasteiger partial charge in [0.25, 0.3) is 0 Å². The summed E-state index contributed by atoms with van der Waals surface area (Å²) >= 11 is 1.33. The highest BCUT2D eigenvalue weighted by atomic mass is 32.2. The van der Waals surface area contributed by atoms with E-state index in [2.05, 4.69) is 15.5 Å². The summed E-state index contributed by atoms with van der Waals surface area (Å²) in [6.45, 7) is 3.69. The van der Waals surface area contributed by atoms with Gasteiger partial charge in [0.15, 0.2) is 11.0 Å². The second-order valence-corrected chi connectivity index (χ2v) is 7.22. The highest BCUT2D eigenvalue weighted by molar-refractivity contribution is 7.99. The third kappa shape index (κ3) is 4.80. The van der Waals surface area contributed by atoms with Gasteiger partial charge in [0.2, 0.25) is 11.8 Å². The van der Waals surface area contributed by atoms with Gasteiger partial charge in [0.1, 0.15) is 5.76 Å². The fourth-order valence-corrected chi connectivity index (χ4v) is 3.47. The highest BCUT2D eigenvalue weighted by Crippen LogP contribution is 2.22. The first-order chi connectivity index (χ1) is 13.4. The number of hydrogen-bond donors (Lipinski definition) is 1. The van der Waals surface area contributed by atoms with Crippen molar-refractivity contribution in [1.29, 1.82) is 0 Å². The number of imidazole rings is 1. The summed E-state index contributed by atoms with van der Waals surface area (Å²) in [7, 11) is 1.59. The third-order valence-corrected chi connectivity index (χ3v) is 4.96. The topological polar surface area (TPSA) is 93.3 Å². The fraction of sp³-hybridized carbons (Fsp3) is 0.263. The number of carbonyl (C=O) groups excluding carboxylic acids is 2. The quantitative estimate of drug-likeness (QED) is 0.614. The molecule has 0 aliphatic rings. The molecule has 1 N–H and O–H groups in total. The monoisotopic (exact) mass is 399 g/mol. The van der Waals surface area contributed by atoms with E-state index in [0.29, 0.717) is 11.6 Å². The van der Waals surface area contributed by atoms with Gasteiger partial charge in [0, 0.05) is 25.5 Å². The minimum atomic E-state index is -0.337. The molecule has 0 aliphatic carbocycles. The normalized spacial score (nSPS) is 10.7.